The summed E-state index contributed by atoms with van der Waals surface area (Å²) in [5, 5.41) is 9.29. The molecule has 9 heteroatoms. The van der Waals surface area contributed by atoms with Gasteiger partial charge in [-0.25, -0.2) is 9.79 Å². The molecule has 0 atom stereocenters. The molecule has 1 heterocycles. The van der Waals surface area contributed by atoms with E-state index in [4.69, 9.17) is 4.74 Å². The van der Waals surface area contributed by atoms with Crippen LogP contribution >= 0.6 is 24.0 Å². The monoisotopic (exact) mass is 469 g/mol. The summed E-state index contributed by atoms with van der Waals surface area (Å²) in [7, 11) is 0. The van der Waals surface area contributed by atoms with Gasteiger partial charge in [-0.15, -0.1) is 24.0 Å². The van der Waals surface area contributed by atoms with Crippen LogP contribution in [0.4, 0.5) is 4.79 Å². The van der Waals surface area contributed by atoms with Gasteiger partial charge in [-0.3, -0.25) is 4.79 Å². The van der Waals surface area contributed by atoms with Crippen molar-refractivity contribution in [2.24, 2.45) is 4.99 Å². The predicted octanol–water partition coefficient (Wildman–Crippen LogP) is 1.31. The lowest BCUT2D eigenvalue weighted by Gasteiger charge is -2.32. The summed E-state index contributed by atoms with van der Waals surface area (Å²) in [6.07, 6.45) is 2.31. The summed E-state index contributed by atoms with van der Waals surface area (Å²) in [6.45, 7) is 9.03. The van der Waals surface area contributed by atoms with Gasteiger partial charge in [0, 0.05) is 32.2 Å². The topological polar surface area (TPSA) is 95.1 Å². The summed E-state index contributed by atoms with van der Waals surface area (Å²) >= 11 is 0. The minimum absolute atomic E-state index is 0. The smallest absolute Gasteiger partial charge is 0.409 e. The molecule has 1 rings (SSSR count). The predicted molar refractivity (Wildman–Crippen MR) is 109 cm³/mol. The summed E-state index contributed by atoms with van der Waals surface area (Å²) in [4.78, 5) is 29.4. The number of hydrogen-bond acceptors (Lipinski definition) is 4. The fourth-order valence-corrected chi connectivity index (χ4v) is 2.41. The third-order valence-electron chi connectivity index (χ3n) is 3.66. The van der Waals surface area contributed by atoms with Gasteiger partial charge in [0.05, 0.1) is 6.61 Å². The first-order chi connectivity index (χ1) is 11.6. The van der Waals surface area contributed by atoms with E-state index in [0.717, 1.165) is 25.8 Å². The Kier molecular flexibility index (Phi) is 13.3. The number of nitrogens with zero attached hydrogens (tertiary/aromatic N) is 2. The van der Waals surface area contributed by atoms with Crippen LogP contribution in [0.5, 0.6) is 0 Å². The summed E-state index contributed by atoms with van der Waals surface area (Å²) in [6, 6.07) is 0.229. The highest BCUT2D eigenvalue weighted by atomic mass is 127. The summed E-state index contributed by atoms with van der Waals surface area (Å²) in [5.74, 6) is 0.560. The number of guanidine groups is 1. The molecule has 25 heavy (non-hydrogen) atoms. The Hall–Kier alpha value is -1.26. The number of piperidine rings is 1. The molecule has 1 aliphatic heterocycles. The Bertz CT molecular complexity index is 426. The Labute approximate surface area is 167 Å². The number of likely N-dealkylation sites (tertiary alicyclic amines) is 1. The van der Waals surface area contributed by atoms with E-state index in [1.54, 1.807) is 4.90 Å². The molecule has 0 unspecified atom stereocenters. The molecule has 0 spiro atoms. The maximum Gasteiger partial charge on any atom is 0.409 e. The zero-order valence-corrected chi connectivity index (χ0v) is 17.8. The van der Waals surface area contributed by atoms with Crippen molar-refractivity contribution < 1.29 is 14.3 Å². The van der Waals surface area contributed by atoms with Crippen molar-refractivity contribution in [1.29, 1.82) is 0 Å². The second-order valence-corrected chi connectivity index (χ2v) is 5.65. The number of hydrogen-bond donors (Lipinski definition) is 3. The number of amides is 2. The molecule has 146 valence electrons. The highest BCUT2D eigenvalue weighted by molar-refractivity contribution is 14.0. The van der Waals surface area contributed by atoms with Crippen molar-refractivity contribution in [3.63, 3.8) is 0 Å². The molecule has 0 bridgehead atoms. The zero-order valence-electron chi connectivity index (χ0n) is 15.5. The molecule has 0 aromatic carbocycles. The third kappa shape index (κ3) is 9.71. The molecule has 2 amide bonds. The molecular weight excluding hydrogens is 437 g/mol. The second kappa shape index (κ2) is 14.0. The average molecular weight is 469 g/mol. The van der Waals surface area contributed by atoms with Gasteiger partial charge in [0.2, 0.25) is 5.91 Å². The molecule has 0 radical (unpaired) electrons. The average Bonchev–Trinajstić information content (AvgIpc) is 2.59. The van der Waals surface area contributed by atoms with Crippen LogP contribution in [0.25, 0.3) is 0 Å². The van der Waals surface area contributed by atoms with E-state index in [2.05, 4.69) is 20.9 Å². The van der Waals surface area contributed by atoms with E-state index in [1.165, 1.54) is 0 Å². The van der Waals surface area contributed by atoms with E-state index >= 15 is 0 Å². The molecule has 1 aliphatic rings. The maximum absolute atomic E-state index is 11.7. The molecule has 0 aromatic heterocycles. The van der Waals surface area contributed by atoms with Crippen molar-refractivity contribution in [3.8, 4) is 0 Å². The number of ether oxygens (including phenoxy) is 1. The van der Waals surface area contributed by atoms with Gasteiger partial charge in [-0.1, -0.05) is 6.92 Å². The van der Waals surface area contributed by atoms with E-state index in [1.807, 2.05) is 20.8 Å². The number of carbonyl (C=O) groups is 2. The molecule has 0 saturated carbocycles. The number of halogens is 1. The Balaban J connectivity index is 0.00000576. The Morgan fingerprint density at radius 3 is 2.40 bits per heavy atom. The SMILES string of the molecule is CCCNC(=O)CN=C(NCC)NC1CCN(C(=O)OCC)CC1.I. The van der Waals surface area contributed by atoms with Crippen LogP contribution in [0.1, 0.15) is 40.0 Å². The highest BCUT2D eigenvalue weighted by Gasteiger charge is 2.24. The quantitative estimate of drug-likeness (QED) is 0.297. The number of aliphatic imine (C=N–C) groups is 1. The van der Waals surface area contributed by atoms with Crippen LogP contribution in [-0.4, -0.2) is 68.2 Å². The van der Waals surface area contributed by atoms with Gasteiger partial charge in [0.15, 0.2) is 5.96 Å². The van der Waals surface area contributed by atoms with Crippen LogP contribution in [0.3, 0.4) is 0 Å². The van der Waals surface area contributed by atoms with Crippen LogP contribution in [-0.2, 0) is 9.53 Å². The van der Waals surface area contributed by atoms with Crippen LogP contribution < -0.4 is 16.0 Å². The number of carbonyl (C=O) groups excluding carboxylic acids is 2. The number of nitrogens with one attached hydrogen (secondary N) is 3. The van der Waals surface area contributed by atoms with E-state index in [9.17, 15) is 9.59 Å². The largest absolute Gasteiger partial charge is 0.450 e. The molecule has 3 N–H and O–H groups in total. The van der Waals surface area contributed by atoms with Crippen LogP contribution in [0, 0.1) is 0 Å². The van der Waals surface area contributed by atoms with E-state index < -0.39 is 0 Å². The minimum Gasteiger partial charge on any atom is -0.450 e. The van der Waals surface area contributed by atoms with Crippen molar-refractivity contribution >= 4 is 41.9 Å². The van der Waals surface area contributed by atoms with Crippen LogP contribution in [0.2, 0.25) is 0 Å². The van der Waals surface area contributed by atoms with E-state index in [-0.39, 0.29) is 48.6 Å². The van der Waals surface area contributed by atoms with Crippen molar-refractivity contribution in [1.82, 2.24) is 20.9 Å². The molecule has 8 nitrogen and oxygen atoms in total. The van der Waals surface area contributed by atoms with Crippen LogP contribution in [0.15, 0.2) is 4.99 Å². The lowest BCUT2D eigenvalue weighted by molar-refractivity contribution is -0.119. The first-order valence-electron chi connectivity index (χ1n) is 8.83. The Morgan fingerprint density at radius 2 is 1.84 bits per heavy atom. The summed E-state index contributed by atoms with van der Waals surface area (Å²) in [5.41, 5.74) is 0. The lowest BCUT2D eigenvalue weighted by Crippen LogP contribution is -2.50. The number of rotatable bonds is 7. The minimum atomic E-state index is -0.246. The molecule has 1 fully saturated rings. The van der Waals surface area contributed by atoms with Crippen molar-refractivity contribution in [3.05, 3.63) is 0 Å². The zero-order chi connectivity index (χ0) is 17.8. The van der Waals surface area contributed by atoms with Gasteiger partial charge < -0.3 is 25.6 Å². The maximum atomic E-state index is 11.7. The molecular formula is C16H32IN5O3. The molecule has 0 aliphatic carbocycles. The highest BCUT2D eigenvalue weighted by Crippen LogP contribution is 2.11. The molecule has 0 aromatic rings. The lowest BCUT2D eigenvalue weighted by atomic mass is 10.1. The normalized spacial score (nSPS) is 15.2. The summed E-state index contributed by atoms with van der Waals surface area (Å²) < 4.78 is 5.02. The third-order valence-corrected chi connectivity index (χ3v) is 3.66. The van der Waals surface area contributed by atoms with Gasteiger partial charge in [-0.05, 0) is 33.1 Å². The first kappa shape index (κ1) is 23.7. The first-order valence-corrected chi connectivity index (χ1v) is 8.83. The van der Waals surface area contributed by atoms with Gasteiger partial charge in [-0.2, -0.15) is 0 Å². The van der Waals surface area contributed by atoms with Crippen molar-refractivity contribution in [2.45, 2.75) is 46.1 Å². The fourth-order valence-electron chi connectivity index (χ4n) is 2.41. The molecule has 1 saturated heterocycles. The van der Waals surface area contributed by atoms with Gasteiger partial charge >= 0.3 is 6.09 Å². The Morgan fingerprint density at radius 1 is 1.16 bits per heavy atom. The van der Waals surface area contributed by atoms with Gasteiger partial charge in [0.25, 0.3) is 0 Å². The fraction of sp³-hybridized carbons (Fsp3) is 0.812. The van der Waals surface area contributed by atoms with E-state index in [0.29, 0.717) is 32.2 Å². The standard InChI is InChI=1S/C16H31N5O3.HI/c1-4-9-18-14(22)12-19-15(17-5-2)20-13-7-10-21(11-8-13)16(23)24-6-3;/h13H,4-12H2,1-3H3,(H,18,22)(H2,17,19,20);1H. The van der Waals surface area contributed by atoms with Crippen molar-refractivity contribution in [2.75, 3.05) is 39.3 Å². The van der Waals surface area contributed by atoms with Gasteiger partial charge in [0.1, 0.15) is 6.54 Å². The second-order valence-electron chi connectivity index (χ2n) is 5.65.